The number of thioether (sulfide) groups is 1. The van der Waals surface area contributed by atoms with Crippen molar-refractivity contribution in [3.05, 3.63) is 83.5 Å². The number of nitrogens with one attached hydrogen (secondary N) is 1. The van der Waals surface area contributed by atoms with Gasteiger partial charge in [-0.05, 0) is 63.2 Å². The normalized spacial score (nSPS) is 12.8. The first-order valence-electron chi connectivity index (χ1n) is 12.2. The second-order valence-corrected chi connectivity index (χ2v) is 9.96. The van der Waals surface area contributed by atoms with Gasteiger partial charge in [-0.25, -0.2) is 0 Å². The summed E-state index contributed by atoms with van der Waals surface area (Å²) in [6, 6.07) is 19.4. The SMILES string of the molecule is CC/C=C(\C)OCCSCc1nnc(-c2ccc(CNC(Cc3ccccc3)CN(C)C)cc2)o1. The lowest BCUT2D eigenvalue weighted by molar-refractivity contribution is 0.233. The molecule has 2 aromatic carbocycles. The zero-order valence-electron chi connectivity index (χ0n) is 21.4. The van der Waals surface area contributed by atoms with E-state index in [0.717, 1.165) is 43.0 Å². The van der Waals surface area contributed by atoms with Crippen LogP contribution < -0.4 is 5.32 Å². The first kappa shape index (κ1) is 27.0. The maximum atomic E-state index is 5.87. The molecule has 1 aromatic heterocycles. The molecule has 0 aliphatic carbocycles. The van der Waals surface area contributed by atoms with Crippen molar-refractivity contribution < 1.29 is 9.15 Å². The molecule has 3 aromatic rings. The molecule has 0 amide bonds. The molecule has 188 valence electrons. The molecular weight excluding hydrogens is 456 g/mol. The molecule has 0 radical (unpaired) electrons. The number of hydrogen-bond acceptors (Lipinski definition) is 7. The van der Waals surface area contributed by atoms with Crippen molar-refractivity contribution in [2.24, 2.45) is 0 Å². The van der Waals surface area contributed by atoms with Crippen LogP contribution in [0.4, 0.5) is 0 Å². The van der Waals surface area contributed by atoms with Crippen molar-refractivity contribution in [2.75, 3.05) is 33.0 Å². The first-order valence-corrected chi connectivity index (χ1v) is 13.4. The van der Waals surface area contributed by atoms with Gasteiger partial charge in [0.25, 0.3) is 0 Å². The van der Waals surface area contributed by atoms with Gasteiger partial charge < -0.3 is 19.4 Å². The van der Waals surface area contributed by atoms with Crippen LogP contribution in [0.2, 0.25) is 0 Å². The van der Waals surface area contributed by atoms with Crippen LogP contribution in [0, 0.1) is 0 Å². The summed E-state index contributed by atoms with van der Waals surface area (Å²) in [5, 5.41) is 12.1. The second kappa shape index (κ2) is 14.7. The summed E-state index contributed by atoms with van der Waals surface area (Å²) < 4.78 is 11.5. The molecule has 0 spiro atoms. The highest BCUT2D eigenvalue weighted by Crippen LogP contribution is 2.21. The summed E-state index contributed by atoms with van der Waals surface area (Å²) in [5.41, 5.74) is 3.52. The van der Waals surface area contributed by atoms with Crippen molar-refractivity contribution in [2.45, 2.75) is 45.0 Å². The first-order chi connectivity index (χ1) is 17.0. The third-order valence-corrected chi connectivity index (χ3v) is 6.35. The Kier molecular flexibility index (Phi) is 11.3. The zero-order chi connectivity index (χ0) is 24.9. The Morgan fingerprint density at radius 3 is 2.57 bits per heavy atom. The average molecular weight is 495 g/mol. The molecule has 0 aliphatic rings. The van der Waals surface area contributed by atoms with Crippen LogP contribution in [0.1, 0.15) is 37.3 Å². The fourth-order valence-corrected chi connectivity index (χ4v) is 4.40. The summed E-state index contributed by atoms with van der Waals surface area (Å²) in [6.07, 6.45) is 4.08. The molecule has 3 rings (SSSR count). The molecular formula is C28H38N4O2S. The van der Waals surface area contributed by atoms with Crippen molar-refractivity contribution in [1.82, 2.24) is 20.4 Å². The van der Waals surface area contributed by atoms with Crippen molar-refractivity contribution in [3.8, 4) is 11.5 Å². The monoisotopic (exact) mass is 494 g/mol. The summed E-state index contributed by atoms with van der Waals surface area (Å²) >= 11 is 1.73. The number of likely N-dealkylation sites (N-methyl/N-ethyl adjacent to an activating group) is 1. The van der Waals surface area contributed by atoms with Crippen LogP contribution in [0.3, 0.4) is 0 Å². The Bertz CT molecular complexity index is 1020. The summed E-state index contributed by atoms with van der Waals surface area (Å²) in [4.78, 5) is 2.23. The van der Waals surface area contributed by atoms with Crippen molar-refractivity contribution in [1.29, 1.82) is 0 Å². The van der Waals surface area contributed by atoms with Crippen LogP contribution in [-0.2, 0) is 23.5 Å². The van der Waals surface area contributed by atoms with Gasteiger partial charge in [-0.1, -0.05) is 49.4 Å². The standard InChI is InChI=1S/C28H38N4O2S/c1-5-9-22(2)33-16-17-35-21-27-30-31-28(34-27)25-14-12-24(13-15-25)19-29-26(20-32(3)4)18-23-10-7-6-8-11-23/h6-15,26,29H,5,16-21H2,1-4H3/b22-9+. The molecule has 0 fully saturated rings. The van der Waals surface area contributed by atoms with E-state index in [0.29, 0.717) is 30.2 Å². The molecule has 6 nitrogen and oxygen atoms in total. The van der Waals surface area contributed by atoms with E-state index in [4.69, 9.17) is 9.15 Å². The van der Waals surface area contributed by atoms with E-state index in [1.807, 2.05) is 6.92 Å². The number of aromatic nitrogens is 2. The van der Waals surface area contributed by atoms with E-state index in [2.05, 4.69) is 102 Å². The van der Waals surface area contributed by atoms with Gasteiger partial charge in [0.05, 0.1) is 18.1 Å². The number of nitrogens with zero attached hydrogens (tertiary/aromatic N) is 3. The van der Waals surface area contributed by atoms with Crippen molar-refractivity contribution in [3.63, 3.8) is 0 Å². The molecule has 7 heteroatoms. The highest BCUT2D eigenvalue weighted by molar-refractivity contribution is 7.98. The van der Waals surface area contributed by atoms with Gasteiger partial charge in [0, 0.05) is 30.4 Å². The number of hydrogen-bond donors (Lipinski definition) is 1. The lowest BCUT2D eigenvalue weighted by atomic mass is 10.0. The van der Waals surface area contributed by atoms with E-state index >= 15 is 0 Å². The van der Waals surface area contributed by atoms with Gasteiger partial charge >= 0.3 is 0 Å². The topological polar surface area (TPSA) is 63.4 Å². The van der Waals surface area contributed by atoms with E-state index in [9.17, 15) is 0 Å². The highest BCUT2D eigenvalue weighted by Gasteiger charge is 2.12. The van der Waals surface area contributed by atoms with Gasteiger partial charge in [0.2, 0.25) is 11.8 Å². The van der Waals surface area contributed by atoms with Crippen molar-refractivity contribution >= 4 is 11.8 Å². The summed E-state index contributed by atoms with van der Waals surface area (Å²) in [5.74, 6) is 3.75. The van der Waals surface area contributed by atoms with E-state index < -0.39 is 0 Å². The fourth-order valence-electron chi connectivity index (χ4n) is 3.76. The third kappa shape index (κ3) is 9.88. The van der Waals surface area contributed by atoms with Gasteiger partial charge in [-0.15, -0.1) is 22.0 Å². The third-order valence-electron chi connectivity index (χ3n) is 5.45. The maximum absolute atomic E-state index is 5.87. The van der Waals surface area contributed by atoms with Gasteiger partial charge in [0.1, 0.15) is 0 Å². The molecule has 0 saturated heterocycles. The van der Waals surface area contributed by atoms with Gasteiger partial charge in [-0.2, -0.15) is 0 Å². The number of benzene rings is 2. The lowest BCUT2D eigenvalue weighted by Gasteiger charge is -2.23. The van der Waals surface area contributed by atoms with Crippen LogP contribution in [0.15, 0.2) is 70.8 Å². The Hall–Kier alpha value is -2.61. The molecule has 1 unspecified atom stereocenters. The highest BCUT2D eigenvalue weighted by atomic mass is 32.2. The maximum Gasteiger partial charge on any atom is 0.247 e. The van der Waals surface area contributed by atoms with Gasteiger partial charge in [-0.3, -0.25) is 0 Å². The molecule has 1 heterocycles. The minimum absolute atomic E-state index is 0.375. The number of ether oxygens (including phenoxy) is 1. The predicted octanol–water partition coefficient (Wildman–Crippen LogP) is 5.56. The quantitative estimate of drug-likeness (QED) is 0.219. The molecule has 0 aliphatic heterocycles. The minimum atomic E-state index is 0.375. The van der Waals surface area contributed by atoms with Gasteiger partial charge in [0.15, 0.2) is 0 Å². The van der Waals surface area contributed by atoms with E-state index in [1.54, 1.807) is 11.8 Å². The molecule has 0 saturated carbocycles. The molecule has 1 N–H and O–H groups in total. The Morgan fingerprint density at radius 2 is 1.86 bits per heavy atom. The van der Waals surface area contributed by atoms with Crippen LogP contribution in [-0.4, -0.2) is 54.1 Å². The van der Waals surface area contributed by atoms with Crippen LogP contribution in [0.25, 0.3) is 11.5 Å². The Morgan fingerprint density at radius 1 is 1.09 bits per heavy atom. The second-order valence-electron chi connectivity index (χ2n) is 8.85. The van der Waals surface area contributed by atoms with E-state index in [-0.39, 0.29) is 0 Å². The Balaban J connectivity index is 1.47. The summed E-state index contributed by atoms with van der Waals surface area (Å²) in [6.45, 7) is 6.58. The van der Waals surface area contributed by atoms with Crippen LogP contribution in [0.5, 0.6) is 0 Å². The summed E-state index contributed by atoms with van der Waals surface area (Å²) in [7, 11) is 4.23. The largest absolute Gasteiger partial charge is 0.498 e. The smallest absolute Gasteiger partial charge is 0.247 e. The predicted molar refractivity (Wildman–Crippen MR) is 145 cm³/mol. The lowest BCUT2D eigenvalue weighted by Crippen LogP contribution is -2.39. The average Bonchev–Trinajstić information content (AvgIpc) is 3.32. The molecule has 1 atom stereocenters. The minimum Gasteiger partial charge on any atom is -0.498 e. The number of allylic oxidation sites excluding steroid dienone is 2. The molecule has 35 heavy (non-hydrogen) atoms. The molecule has 0 bridgehead atoms. The Labute approximate surface area is 214 Å². The van der Waals surface area contributed by atoms with E-state index in [1.165, 1.54) is 11.1 Å². The fraction of sp³-hybridized carbons (Fsp3) is 0.429. The van der Waals surface area contributed by atoms with Crippen LogP contribution >= 0.6 is 11.8 Å². The zero-order valence-corrected chi connectivity index (χ0v) is 22.2. The number of rotatable bonds is 15.